The first kappa shape index (κ1) is 13.3. The van der Waals surface area contributed by atoms with Crippen LogP contribution in [0.5, 0.6) is 0 Å². The van der Waals surface area contributed by atoms with Crippen LogP contribution in [0, 0.1) is 11.6 Å². The number of anilines is 1. The molecule has 0 spiro atoms. The van der Waals surface area contributed by atoms with Crippen molar-refractivity contribution in [2.24, 2.45) is 0 Å². The monoisotopic (exact) mass is 356 g/mol. The minimum atomic E-state index is -0.733. The maximum atomic E-state index is 14.0. The van der Waals surface area contributed by atoms with Gasteiger partial charge in [0.2, 0.25) is 5.88 Å². The van der Waals surface area contributed by atoms with Crippen LogP contribution in [-0.2, 0) is 0 Å². The van der Waals surface area contributed by atoms with Gasteiger partial charge >= 0.3 is 0 Å². The predicted octanol–water partition coefficient (Wildman–Crippen LogP) is 4.69. The molecule has 7 heteroatoms. The molecule has 0 bridgehead atoms. The number of rotatable bonds is 2. The second kappa shape index (κ2) is 4.99. The van der Waals surface area contributed by atoms with E-state index in [1.807, 2.05) is 11.4 Å². The lowest BCUT2D eigenvalue weighted by Gasteiger charge is -2.04. The molecule has 0 aliphatic rings. The number of aromatic nitrogens is 1. The molecule has 0 aliphatic heterocycles. The maximum Gasteiger partial charge on any atom is 0.231 e. The Balaban J connectivity index is 2.27. The molecule has 2 N–H and O–H groups in total. The van der Waals surface area contributed by atoms with E-state index in [9.17, 15) is 8.78 Å². The Kier molecular flexibility index (Phi) is 3.31. The van der Waals surface area contributed by atoms with Gasteiger partial charge in [0, 0.05) is 9.35 Å². The fourth-order valence-electron chi connectivity index (χ4n) is 1.90. The van der Waals surface area contributed by atoms with Gasteiger partial charge in [0.15, 0.2) is 0 Å². The Morgan fingerprint density at radius 3 is 2.50 bits per heavy atom. The average Bonchev–Trinajstić information content (AvgIpc) is 2.97. The number of nitrogens with two attached hydrogens (primary N) is 1. The highest BCUT2D eigenvalue weighted by atomic mass is 79.9. The molecule has 0 atom stereocenters. The zero-order chi connectivity index (χ0) is 14.3. The van der Waals surface area contributed by atoms with Crippen LogP contribution in [-0.4, -0.2) is 5.16 Å². The molecule has 2 aromatic heterocycles. The van der Waals surface area contributed by atoms with Crippen LogP contribution >= 0.6 is 27.3 Å². The summed E-state index contributed by atoms with van der Waals surface area (Å²) in [5, 5.41) is 5.54. The lowest BCUT2D eigenvalue weighted by Crippen LogP contribution is -1.93. The van der Waals surface area contributed by atoms with Gasteiger partial charge < -0.3 is 10.3 Å². The van der Waals surface area contributed by atoms with E-state index >= 15 is 0 Å². The summed E-state index contributed by atoms with van der Waals surface area (Å²) in [6.07, 6.45) is 0. The Bertz CT molecular complexity index is 748. The van der Waals surface area contributed by atoms with Crippen molar-refractivity contribution in [2.45, 2.75) is 0 Å². The maximum absolute atomic E-state index is 14.0. The van der Waals surface area contributed by atoms with Crippen LogP contribution in [0.4, 0.5) is 14.7 Å². The van der Waals surface area contributed by atoms with Crippen LogP contribution in [0.2, 0.25) is 0 Å². The van der Waals surface area contributed by atoms with Gasteiger partial charge in [0.25, 0.3) is 0 Å². The quantitative estimate of drug-likeness (QED) is 0.724. The first-order valence-corrected chi connectivity index (χ1v) is 7.19. The Morgan fingerprint density at radius 2 is 1.90 bits per heavy atom. The smallest absolute Gasteiger partial charge is 0.231 e. The fraction of sp³-hybridized carbons (Fsp3) is 0. The summed E-state index contributed by atoms with van der Waals surface area (Å²) < 4.78 is 33.3. The van der Waals surface area contributed by atoms with Crippen LogP contribution in [0.25, 0.3) is 21.7 Å². The van der Waals surface area contributed by atoms with E-state index in [1.165, 1.54) is 23.5 Å². The van der Waals surface area contributed by atoms with Gasteiger partial charge in [-0.3, -0.25) is 0 Å². The summed E-state index contributed by atoms with van der Waals surface area (Å²) in [4.78, 5) is 0.737. The predicted molar refractivity (Wildman–Crippen MR) is 77.3 cm³/mol. The van der Waals surface area contributed by atoms with Crippen molar-refractivity contribution < 1.29 is 13.3 Å². The van der Waals surface area contributed by atoms with E-state index in [0.717, 1.165) is 4.88 Å². The van der Waals surface area contributed by atoms with E-state index < -0.39 is 11.6 Å². The minimum Gasteiger partial charge on any atom is -0.367 e. The third kappa shape index (κ3) is 2.12. The highest BCUT2D eigenvalue weighted by molar-refractivity contribution is 9.10. The lowest BCUT2D eigenvalue weighted by atomic mass is 10.1. The highest BCUT2D eigenvalue weighted by Gasteiger charge is 2.24. The largest absolute Gasteiger partial charge is 0.367 e. The first-order valence-electron chi connectivity index (χ1n) is 5.52. The SMILES string of the molecule is Nc1onc(-c2c(F)cc(Br)cc2F)c1-c1cccs1. The number of hydrogen-bond acceptors (Lipinski definition) is 4. The number of halogens is 3. The van der Waals surface area contributed by atoms with Crippen LogP contribution in [0.1, 0.15) is 0 Å². The Hall–Kier alpha value is -1.73. The van der Waals surface area contributed by atoms with Crippen molar-refractivity contribution in [3.8, 4) is 21.7 Å². The van der Waals surface area contributed by atoms with Crippen molar-refractivity contribution >= 4 is 33.2 Å². The molecule has 0 radical (unpaired) electrons. The van der Waals surface area contributed by atoms with Crippen molar-refractivity contribution in [2.75, 3.05) is 5.73 Å². The summed E-state index contributed by atoms with van der Waals surface area (Å²) in [5.41, 5.74) is 5.94. The third-order valence-electron chi connectivity index (χ3n) is 2.73. The Labute approximate surface area is 125 Å². The van der Waals surface area contributed by atoms with Gasteiger partial charge in [-0.15, -0.1) is 11.3 Å². The second-order valence-corrected chi connectivity index (χ2v) is 5.86. The van der Waals surface area contributed by atoms with Crippen LogP contribution in [0.3, 0.4) is 0 Å². The zero-order valence-electron chi connectivity index (χ0n) is 9.86. The first-order chi connectivity index (χ1) is 9.58. The topological polar surface area (TPSA) is 52.0 Å². The standard InChI is InChI=1S/C13H7BrF2N2OS/c14-6-4-7(15)10(8(16)5-6)12-11(13(17)19-18-12)9-2-1-3-20-9/h1-5H,17H2. The molecule has 2 heterocycles. The summed E-state index contributed by atoms with van der Waals surface area (Å²) >= 11 is 4.42. The van der Waals surface area contributed by atoms with Crippen molar-refractivity contribution in [1.29, 1.82) is 0 Å². The van der Waals surface area contributed by atoms with E-state index in [-0.39, 0.29) is 17.1 Å². The average molecular weight is 357 g/mol. The minimum absolute atomic E-state index is 0.0316. The number of thiophene rings is 1. The van der Waals surface area contributed by atoms with Gasteiger partial charge in [-0.25, -0.2) is 8.78 Å². The number of benzene rings is 1. The van der Waals surface area contributed by atoms with Gasteiger partial charge in [-0.1, -0.05) is 27.2 Å². The Morgan fingerprint density at radius 1 is 1.20 bits per heavy atom. The van der Waals surface area contributed by atoms with Gasteiger partial charge in [-0.05, 0) is 23.6 Å². The molecule has 0 saturated heterocycles. The normalized spacial score (nSPS) is 10.9. The summed E-state index contributed by atoms with van der Waals surface area (Å²) in [6, 6.07) is 5.93. The van der Waals surface area contributed by atoms with Crippen molar-refractivity contribution in [1.82, 2.24) is 5.16 Å². The van der Waals surface area contributed by atoms with Crippen molar-refractivity contribution in [3.05, 3.63) is 45.8 Å². The van der Waals surface area contributed by atoms with Gasteiger partial charge in [0.05, 0.1) is 11.1 Å². The molecular formula is C13H7BrF2N2OS. The lowest BCUT2D eigenvalue weighted by molar-refractivity contribution is 0.438. The van der Waals surface area contributed by atoms with Gasteiger partial charge in [0.1, 0.15) is 17.3 Å². The third-order valence-corrected chi connectivity index (χ3v) is 4.07. The molecule has 1 aromatic carbocycles. The molecule has 0 fully saturated rings. The molecule has 0 amide bonds. The molecule has 0 saturated carbocycles. The molecule has 0 unspecified atom stereocenters. The summed E-state index contributed by atoms with van der Waals surface area (Å²) in [6.45, 7) is 0. The highest BCUT2D eigenvalue weighted by Crippen LogP contribution is 2.40. The summed E-state index contributed by atoms with van der Waals surface area (Å²) in [7, 11) is 0. The zero-order valence-corrected chi connectivity index (χ0v) is 12.3. The molecule has 0 aliphatic carbocycles. The number of nitrogen functional groups attached to an aromatic ring is 1. The van der Waals surface area contributed by atoms with E-state index in [1.54, 1.807) is 6.07 Å². The van der Waals surface area contributed by atoms with E-state index in [4.69, 9.17) is 10.3 Å². The molecule has 3 aromatic rings. The van der Waals surface area contributed by atoms with E-state index in [2.05, 4.69) is 21.1 Å². The molecular weight excluding hydrogens is 350 g/mol. The second-order valence-electron chi connectivity index (χ2n) is 3.99. The van der Waals surface area contributed by atoms with Gasteiger partial charge in [-0.2, -0.15) is 0 Å². The van der Waals surface area contributed by atoms with Crippen molar-refractivity contribution in [3.63, 3.8) is 0 Å². The fourth-order valence-corrected chi connectivity index (χ4v) is 3.08. The van der Waals surface area contributed by atoms with Crippen LogP contribution in [0.15, 0.2) is 38.6 Å². The number of nitrogens with zero attached hydrogens (tertiary/aromatic N) is 1. The molecule has 3 nitrogen and oxygen atoms in total. The van der Waals surface area contributed by atoms with Crippen LogP contribution < -0.4 is 5.73 Å². The molecule has 102 valence electrons. The molecule has 20 heavy (non-hydrogen) atoms. The molecule has 3 rings (SSSR count). The van der Waals surface area contributed by atoms with E-state index in [0.29, 0.717) is 10.0 Å². The summed E-state index contributed by atoms with van der Waals surface area (Å²) in [5.74, 6) is -1.44. The number of hydrogen-bond donors (Lipinski definition) is 1.